The summed E-state index contributed by atoms with van der Waals surface area (Å²) in [5.74, 6) is -1.35. The second-order valence-corrected chi connectivity index (χ2v) is 11.0. The van der Waals surface area contributed by atoms with Crippen molar-refractivity contribution in [3.05, 3.63) is 131 Å². The van der Waals surface area contributed by atoms with Gasteiger partial charge < -0.3 is 9.84 Å². The molecule has 41 heavy (non-hydrogen) atoms. The van der Waals surface area contributed by atoms with Gasteiger partial charge in [0.25, 0.3) is 5.91 Å². The second kappa shape index (κ2) is 12.8. The van der Waals surface area contributed by atoms with E-state index in [0.29, 0.717) is 33.6 Å². The van der Waals surface area contributed by atoms with Crippen molar-refractivity contribution >= 4 is 46.0 Å². The maximum absolute atomic E-state index is 14.1. The number of thioether (sulfide) groups is 1. The van der Waals surface area contributed by atoms with E-state index in [1.807, 2.05) is 30.3 Å². The highest BCUT2D eigenvalue weighted by atomic mass is 32.2. The Kier molecular flexibility index (Phi) is 8.71. The number of aromatic nitrogens is 2. The summed E-state index contributed by atoms with van der Waals surface area (Å²) in [6.45, 7) is 3.96. The van der Waals surface area contributed by atoms with Gasteiger partial charge in [-0.25, -0.2) is 4.39 Å². The molecule has 3 aromatic carbocycles. The fraction of sp³-hybridized carbons (Fsp3) is 0.0968. The van der Waals surface area contributed by atoms with Crippen molar-refractivity contribution < 1.29 is 23.8 Å². The molecule has 1 aliphatic heterocycles. The maximum atomic E-state index is 14.1. The minimum atomic E-state index is -0.957. The number of rotatable bonds is 11. The molecule has 1 amide bonds. The summed E-state index contributed by atoms with van der Waals surface area (Å²) in [4.78, 5) is 28.1. The van der Waals surface area contributed by atoms with Crippen LogP contribution in [0.15, 0.2) is 113 Å². The smallest absolute Gasteiger partial charge is 0.296 e. The van der Waals surface area contributed by atoms with Gasteiger partial charge in [-0.05, 0) is 41.0 Å². The molecule has 206 valence electrons. The van der Waals surface area contributed by atoms with Gasteiger partial charge >= 0.3 is 0 Å². The summed E-state index contributed by atoms with van der Waals surface area (Å²) in [6, 6.07) is 21.6. The monoisotopic (exact) mass is 585 g/mol. The largest absolute Gasteiger partial charge is 0.503 e. The van der Waals surface area contributed by atoms with Gasteiger partial charge in [-0.2, -0.15) is 0 Å². The summed E-state index contributed by atoms with van der Waals surface area (Å²) >= 11 is 2.40. The minimum absolute atomic E-state index is 0.0716. The molecular formula is C31H24FN3O4S2. The minimum Gasteiger partial charge on any atom is -0.503 e. The lowest BCUT2D eigenvalue weighted by Crippen LogP contribution is -2.30. The Morgan fingerprint density at radius 1 is 1.07 bits per heavy atom. The van der Waals surface area contributed by atoms with Crippen LogP contribution in [0, 0.1) is 5.82 Å². The van der Waals surface area contributed by atoms with E-state index in [2.05, 4.69) is 16.8 Å². The molecule has 1 unspecified atom stereocenters. The number of allylic oxidation sites excluding steroid dienone is 1. The van der Waals surface area contributed by atoms with Crippen LogP contribution < -0.4 is 9.64 Å². The van der Waals surface area contributed by atoms with Crippen LogP contribution in [0.3, 0.4) is 0 Å². The molecule has 1 N–H and O–H groups in total. The third-order valence-electron chi connectivity index (χ3n) is 6.17. The summed E-state index contributed by atoms with van der Waals surface area (Å²) in [7, 11) is 0. The first-order valence-corrected chi connectivity index (χ1v) is 14.3. The normalized spacial score (nSPS) is 15.1. The zero-order valence-corrected chi connectivity index (χ0v) is 23.3. The first kappa shape index (κ1) is 28.0. The summed E-state index contributed by atoms with van der Waals surface area (Å²) in [5, 5.41) is 19.5. The number of carbonyl (C=O) groups excluding carboxylic acids is 2. The number of hydrogen-bond donors (Lipinski definition) is 1. The number of nitrogens with zero attached hydrogens (tertiary/aromatic N) is 3. The van der Waals surface area contributed by atoms with Crippen molar-refractivity contribution in [2.45, 2.75) is 16.1 Å². The van der Waals surface area contributed by atoms with Crippen molar-refractivity contribution in [3.63, 3.8) is 0 Å². The van der Waals surface area contributed by atoms with Gasteiger partial charge in [-0.15, -0.1) is 10.2 Å². The summed E-state index contributed by atoms with van der Waals surface area (Å²) in [6.07, 6.45) is 4.59. The van der Waals surface area contributed by atoms with Crippen molar-refractivity contribution in [1.29, 1.82) is 0 Å². The van der Waals surface area contributed by atoms with E-state index in [9.17, 15) is 19.1 Å². The molecule has 0 saturated heterocycles. The molecule has 2 heterocycles. The van der Waals surface area contributed by atoms with Crippen LogP contribution in [0.25, 0.3) is 6.08 Å². The number of anilines is 1. The van der Waals surface area contributed by atoms with Crippen molar-refractivity contribution in [2.75, 3.05) is 11.5 Å². The Balaban J connectivity index is 1.46. The molecule has 1 aromatic heterocycles. The quantitative estimate of drug-likeness (QED) is 0.0904. The second-order valence-electron chi connectivity index (χ2n) is 8.85. The number of amides is 1. The predicted molar refractivity (Wildman–Crippen MR) is 158 cm³/mol. The highest BCUT2D eigenvalue weighted by Gasteiger charge is 2.45. The summed E-state index contributed by atoms with van der Waals surface area (Å²) < 4.78 is 20.2. The van der Waals surface area contributed by atoms with E-state index in [1.165, 1.54) is 28.8 Å². The molecule has 5 rings (SSSR count). The Hall–Kier alpha value is -4.54. The van der Waals surface area contributed by atoms with Gasteiger partial charge in [-0.1, -0.05) is 102 Å². The van der Waals surface area contributed by atoms with E-state index < -0.39 is 23.5 Å². The zero-order valence-electron chi connectivity index (χ0n) is 21.6. The molecule has 10 heteroatoms. The Morgan fingerprint density at radius 3 is 2.54 bits per heavy atom. The van der Waals surface area contributed by atoms with E-state index in [4.69, 9.17) is 4.74 Å². The number of halogens is 1. The fourth-order valence-electron chi connectivity index (χ4n) is 4.21. The third kappa shape index (κ3) is 6.29. The van der Waals surface area contributed by atoms with Crippen molar-refractivity contribution in [2.24, 2.45) is 0 Å². The van der Waals surface area contributed by atoms with Crippen LogP contribution in [-0.2, 0) is 15.3 Å². The molecule has 4 aromatic rings. The van der Waals surface area contributed by atoms with E-state index in [1.54, 1.807) is 54.6 Å². The lowest BCUT2D eigenvalue weighted by molar-refractivity contribution is -0.117. The first-order valence-electron chi connectivity index (χ1n) is 12.5. The lowest BCUT2D eigenvalue weighted by Gasteiger charge is -2.24. The Morgan fingerprint density at radius 2 is 1.80 bits per heavy atom. The fourth-order valence-corrected chi connectivity index (χ4v) is 6.06. The highest BCUT2D eigenvalue weighted by molar-refractivity contribution is 8.00. The molecule has 7 nitrogen and oxygen atoms in total. The van der Waals surface area contributed by atoms with E-state index in [-0.39, 0.29) is 16.5 Å². The number of carbonyl (C=O) groups is 2. The van der Waals surface area contributed by atoms with Gasteiger partial charge in [0.05, 0.1) is 11.6 Å². The molecule has 1 atom stereocenters. The van der Waals surface area contributed by atoms with Crippen LogP contribution >= 0.6 is 23.1 Å². The number of hydrogen-bond acceptors (Lipinski definition) is 8. The first-order chi connectivity index (χ1) is 20.0. The molecule has 1 aliphatic rings. The highest BCUT2D eigenvalue weighted by Crippen LogP contribution is 2.43. The van der Waals surface area contributed by atoms with Gasteiger partial charge in [-0.3, -0.25) is 14.5 Å². The van der Waals surface area contributed by atoms with Crippen LogP contribution in [0.2, 0.25) is 0 Å². The van der Waals surface area contributed by atoms with E-state index in [0.717, 1.165) is 16.9 Å². The molecule has 0 fully saturated rings. The van der Waals surface area contributed by atoms with Crippen molar-refractivity contribution in [1.82, 2.24) is 10.2 Å². The number of ether oxygens (including phenoxy) is 1. The zero-order chi connectivity index (χ0) is 28.8. The number of aliphatic hydroxyl groups is 1. The van der Waals surface area contributed by atoms with Gasteiger partial charge in [0.2, 0.25) is 5.13 Å². The standard InChI is InChI=1S/C31H24FN3O4S2/c1-2-18-39-23-15-13-21(14-16-23)27-26(25(36)17-12-20-8-4-3-5-9-20)28(37)29(38)35(27)30-33-34-31(41-30)40-19-22-10-6-7-11-24(22)32/h2-17,27,37H,1,18-19H2. The van der Waals surface area contributed by atoms with Crippen LogP contribution in [0.1, 0.15) is 22.7 Å². The number of ketones is 1. The predicted octanol–water partition coefficient (Wildman–Crippen LogP) is 6.72. The molecule has 0 spiro atoms. The topological polar surface area (TPSA) is 92.6 Å². The Labute approximate surface area is 244 Å². The van der Waals surface area contributed by atoms with Crippen LogP contribution in [0.4, 0.5) is 9.52 Å². The average molecular weight is 586 g/mol. The van der Waals surface area contributed by atoms with Gasteiger partial charge in [0, 0.05) is 5.75 Å². The summed E-state index contributed by atoms with van der Waals surface area (Å²) in [5.41, 5.74) is 1.81. The number of aliphatic hydroxyl groups excluding tert-OH is 1. The molecule has 0 saturated carbocycles. The van der Waals surface area contributed by atoms with Gasteiger partial charge in [0.15, 0.2) is 15.9 Å². The SMILES string of the molecule is C=CCOc1ccc(C2C(C(=O)C=Cc3ccccc3)=C(O)C(=O)N2c2nnc(SCc3ccccc3F)s2)cc1. The molecule has 0 radical (unpaired) electrons. The Bertz CT molecular complexity index is 1630. The van der Waals surface area contributed by atoms with Crippen LogP contribution in [0.5, 0.6) is 5.75 Å². The maximum Gasteiger partial charge on any atom is 0.296 e. The van der Waals surface area contributed by atoms with E-state index >= 15 is 0 Å². The average Bonchev–Trinajstić information content (AvgIpc) is 3.57. The lowest BCUT2D eigenvalue weighted by atomic mass is 9.95. The van der Waals surface area contributed by atoms with Crippen molar-refractivity contribution in [3.8, 4) is 5.75 Å². The third-order valence-corrected chi connectivity index (χ3v) is 8.28. The molecule has 0 aliphatic carbocycles. The van der Waals surface area contributed by atoms with Gasteiger partial charge in [0.1, 0.15) is 18.2 Å². The molecular weight excluding hydrogens is 561 g/mol. The number of benzene rings is 3. The molecule has 0 bridgehead atoms. The van der Waals surface area contributed by atoms with Crippen LogP contribution in [-0.4, -0.2) is 33.6 Å².